The van der Waals surface area contributed by atoms with Gasteiger partial charge in [0.15, 0.2) is 11.0 Å². The molecule has 3 aromatic carbocycles. The zero-order valence-electron chi connectivity index (χ0n) is 18.3. The molecule has 160 valence electrons. The van der Waals surface area contributed by atoms with Crippen LogP contribution in [0.4, 0.5) is 0 Å². The summed E-state index contributed by atoms with van der Waals surface area (Å²) in [6.07, 6.45) is 0. The minimum Gasteiger partial charge on any atom is -0.497 e. The average Bonchev–Trinajstić information content (AvgIpc) is 3.26. The molecule has 5 nitrogen and oxygen atoms in total. The Kier molecular flexibility index (Phi) is 6.58. The molecule has 0 atom stereocenters. The normalized spacial score (nSPS) is 10.8. The Morgan fingerprint density at radius 1 is 0.969 bits per heavy atom. The Hall–Kier alpha value is -3.56. The molecule has 0 spiro atoms. The lowest BCUT2D eigenvalue weighted by molar-refractivity contribution is 0.415. The highest BCUT2D eigenvalue weighted by molar-refractivity contribution is 7.98. The van der Waals surface area contributed by atoms with Crippen molar-refractivity contribution in [2.45, 2.75) is 30.7 Å². The largest absolute Gasteiger partial charge is 0.497 e. The van der Waals surface area contributed by atoms with E-state index < -0.39 is 0 Å². The molecule has 0 saturated carbocycles. The number of benzene rings is 3. The van der Waals surface area contributed by atoms with Crippen LogP contribution >= 0.6 is 11.8 Å². The standard InChI is InChI=1S/C26H24N4OS/c1-18(2)23-6-4-5-7-24(23)30-25(21-12-14-22(31-3)15-13-21)28-29-26(30)32-17-20-10-8-19(16-27)9-11-20/h4-15,18H,17H2,1-3H3. The predicted molar refractivity (Wildman–Crippen MR) is 128 cm³/mol. The maximum Gasteiger partial charge on any atom is 0.196 e. The molecule has 0 N–H and O–H groups in total. The molecular formula is C26H24N4OS. The number of hydrogen-bond acceptors (Lipinski definition) is 5. The van der Waals surface area contributed by atoms with Crippen molar-refractivity contribution in [3.05, 3.63) is 89.5 Å². The Labute approximate surface area is 192 Å². The fraction of sp³-hybridized carbons (Fsp3) is 0.192. The van der Waals surface area contributed by atoms with E-state index in [-0.39, 0.29) is 0 Å². The number of hydrogen-bond donors (Lipinski definition) is 0. The van der Waals surface area contributed by atoms with Crippen LogP contribution in [0.3, 0.4) is 0 Å². The average molecular weight is 441 g/mol. The molecule has 1 heterocycles. The zero-order chi connectivity index (χ0) is 22.5. The van der Waals surface area contributed by atoms with Crippen LogP contribution in [-0.2, 0) is 5.75 Å². The van der Waals surface area contributed by atoms with E-state index in [1.165, 1.54) is 5.56 Å². The topological polar surface area (TPSA) is 63.7 Å². The van der Waals surface area contributed by atoms with Crippen LogP contribution in [0.1, 0.15) is 36.5 Å². The lowest BCUT2D eigenvalue weighted by atomic mass is 10.0. The van der Waals surface area contributed by atoms with E-state index in [1.54, 1.807) is 18.9 Å². The summed E-state index contributed by atoms with van der Waals surface area (Å²) in [4.78, 5) is 0. The molecule has 0 radical (unpaired) electrons. The third-order valence-corrected chi connectivity index (χ3v) is 6.23. The van der Waals surface area contributed by atoms with Gasteiger partial charge in [0.25, 0.3) is 0 Å². The summed E-state index contributed by atoms with van der Waals surface area (Å²) < 4.78 is 7.46. The summed E-state index contributed by atoms with van der Waals surface area (Å²) in [5.74, 6) is 2.69. The van der Waals surface area contributed by atoms with E-state index in [2.05, 4.69) is 52.9 Å². The number of aromatic nitrogens is 3. The smallest absolute Gasteiger partial charge is 0.196 e. The molecule has 0 fully saturated rings. The maximum absolute atomic E-state index is 9.03. The van der Waals surface area contributed by atoms with Crippen LogP contribution in [0.15, 0.2) is 78.0 Å². The second-order valence-corrected chi connectivity index (χ2v) is 8.62. The van der Waals surface area contributed by atoms with Gasteiger partial charge in [0.05, 0.1) is 24.4 Å². The number of methoxy groups -OCH3 is 1. The molecule has 0 aliphatic rings. The molecule has 0 aliphatic carbocycles. The molecule has 0 unspecified atom stereocenters. The first-order valence-electron chi connectivity index (χ1n) is 10.4. The van der Waals surface area contributed by atoms with Crippen molar-refractivity contribution in [2.24, 2.45) is 0 Å². The number of nitrogens with zero attached hydrogens (tertiary/aromatic N) is 4. The number of thioether (sulfide) groups is 1. The number of ether oxygens (including phenoxy) is 1. The van der Waals surface area contributed by atoms with Crippen LogP contribution in [-0.4, -0.2) is 21.9 Å². The highest BCUT2D eigenvalue weighted by Crippen LogP contribution is 2.33. The molecule has 0 bridgehead atoms. The molecule has 0 aliphatic heterocycles. The van der Waals surface area contributed by atoms with Gasteiger partial charge in [0.2, 0.25) is 0 Å². The zero-order valence-corrected chi connectivity index (χ0v) is 19.1. The molecule has 32 heavy (non-hydrogen) atoms. The van der Waals surface area contributed by atoms with Gasteiger partial charge in [-0.1, -0.05) is 55.9 Å². The van der Waals surface area contributed by atoms with Crippen molar-refractivity contribution in [1.29, 1.82) is 5.26 Å². The quantitative estimate of drug-likeness (QED) is 0.319. The minimum atomic E-state index is 0.355. The highest BCUT2D eigenvalue weighted by Gasteiger charge is 2.19. The second kappa shape index (κ2) is 9.71. The summed E-state index contributed by atoms with van der Waals surface area (Å²) >= 11 is 1.63. The van der Waals surface area contributed by atoms with Gasteiger partial charge >= 0.3 is 0 Å². The molecule has 4 rings (SSSR count). The lowest BCUT2D eigenvalue weighted by Crippen LogP contribution is -2.05. The molecular weight excluding hydrogens is 416 g/mol. The van der Waals surface area contributed by atoms with Gasteiger partial charge in [-0.25, -0.2) is 0 Å². The summed E-state index contributed by atoms with van der Waals surface area (Å²) in [6.45, 7) is 4.39. The van der Waals surface area contributed by atoms with Crippen LogP contribution in [0.2, 0.25) is 0 Å². The first-order chi connectivity index (χ1) is 15.6. The number of rotatable bonds is 7. The molecule has 4 aromatic rings. The minimum absolute atomic E-state index is 0.355. The van der Waals surface area contributed by atoms with E-state index >= 15 is 0 Å². The second-order valence-electron chi connectivity index (χ2n) is 7.68. The Morgan fingerprint density at radius 2 is 1.69 bits per heavy atom. The lowest BCUT2D eigenvalue weighted by Gasteiger charge is -2.17. The third-order valence-electron chi connectivity index (χ3n) is 5.23. The van der Waals surface area contributed by atoms with Crippen LogP contribution in [0.5, 0.6) is 5.75 Å². The van der Waals surface area contributed by atoms with Crippen molar-refractivity contribution in [2.75, 3.05) is 7.11 Å². The van der Waals surface area contributed by atoms with Crippen LogP contribution in [0.25, 0.3) is 17.1 Å². The number of para-hydroxylation sites is 1. The van der Waals surface area contributed by atoms with Gasteiger partial charge in [0.1, 0.15) is 5.75 Å². The van der Waals surface area contributed by atoms with E-state index in [4.69, 9.17) is 10.00 Å². The van der Waals surface area contributed by atoms with E-state index in [0.717, 1.165) is 39.3 Å². The summed E-state index contributed by atoms with van der Waals surface area (Å²) in [5, 5.41) is 19.0. The van der Waals surface area contributed by atoms with Crippen molar-refractivity contribution in [3.8, 4) is 28.9 Å². The van der Waals surface area contributed by atoms with E-state index in [0.29, 0.717) is 11.5 Å². The van der Waals surface area contributed by atoms with Crippen molar-refractivity contribution in [1.82, 2.24) is 14.8 Å². The van der Waals surface area contributed by atoms with Gasteiger partial charge in [-0.2, -0.15) is 5.26 Å². The van der Waals surface area contributed by atoms with Gasteiger partial charge < -0.3 is 4.74 Å². The van der Waals surface area contributed by atoms with E-state index in [9.17, 15) is 0 Å². The monoisotopic (exact) mass is 440 g/mol. The SMILES string of the molecule is COc1ccc(-c2nnc(SCc3ccc(C#N)cc3)n2-c2ccccc2C(C)C)cc1. The number of nitriles is 1. The first-order valence-corrected chi connectivity index (χ1v) is 11.4. The van der Waals surface area contributed by atoms with Crippen molar-refractivity contribution >= 4 is 11.8 Å². The fourth-order valence-corrected chi connectivity index (χ4v) is 4.41. The highest BCUT2D eigenvalue weighted by atomic mass is 32.2. The summed E-state index contributed by atoms with van der Waals surface area (Å²) in [6, 6.07) is 26.1. The molecule has 0 amide bonds. The first kappa shape index (κ1) is 21.7. The summed E-state index contributed by atoms with van der Waals surface area (Å²) in [7, 11) is 1.66. The third kappa shape index (κ3) is 4.53. The predicted octanol–water partition coefficient (Wildman–Crippen LogP) is 6.23. The van der Waals surface area contributed by atoms with Gasteiger partial charge in [-0.05, 0) is 59.5 Å². The molecule has 1 aromatic heterocycles. The van der Waals surface area contributed by atoms with Crippen LogP contribution < -0.4 is 4.74 Å². The van der Waals surface area contributed by atoms with Crippen LogP contribution in [0, 0.1) is 11.3 Å². The van der Waals surface area contributed by atoms with Gasteiger partial charge in [-0.3, -0.25) is 4.57 Å². The maximum atomic E-state index is 9.03. The van der Waals surface area contributed by atoms with Gasteiger partial charge in [-0.15, -0.1) is 10.2 Å². The Morgan fingerprint density at radius 3 is 2.34 bits per heavy atom. The molecule has 6 heteroatoms. The molecule has 0 saturated heterocycles. The van der Waals surface area contributed by atoms with Gasteiger partial charge in [0, 0.05) is 11.3 Å². The van der Waals surface area contributed by atoms with E-state index in [1.807, 2.05) is 54.6 Å². The fourth-order valence-electron chi connectivity index (χ4n) is 3.51. The summed E-state index contributed by atoms with van der Waals surface area (Å²) in [5.41, 5.74) is 5.09. The van der Waals surface area contributed by atoms with Crippen molar-refractivity contribution in [3.63, 3.8) is 0 Å². The Bertz CT molecular complexity index is 1240. The Balaban J connectivity index is 1.76. The van der Waals surface area contributed by atoms with Crippen molar-refractivity contribution < 1.29 is 4.74 Å².